The summed E-state index contributed by atoms with van der Waals surface area (Å²) in [6.07, 6.45) is 0. The van der Waals surface area contributed by atoms with Crippen LogP contribution < -0.4 is 0 Å². The molecule has 0 aliphatic heterocycles. The van der Waals surface area contributed by atoms with Gasteiger partial charge in [-0.3, -0.25) is 0 Å². The van der Waals surface area contributed by atoms with Crippen LogP contribution in [0.1, 0.15) is 0 Å². The Bertz CT molecular complexity index is 288. The van der Waals surface area contributed by atoms with Crippen molar-refractivity contribution in [2.24, 2.45) is 0 Å². The highest BCUT2D eigenvalue weighted by molar-refractivity contribution is 6.86. The third-order valence-corrected chi connectivity index (χ3v) is 19.7. The molecule has 0 saturated carbocycles. The van der Waals surface area contributed by atoms with E-state index in [-0.39, 0.29) is 0 Å². The topological polar surface area (TPSA) is 46.2 Å². The van der Waals surface area contributed by atoms with Crippen molar-refractivity contribution in [2.75, 3.05) is 0 Å². The molecule has 0 aromatic heterocycles. The third-order valence-electron chi connectivity index (χ3n) is 2.19. The summed E-state index contributed by atoms with van der Waals surface area (Å²) in [6.45, 7) is 20.9. The predicted octanol–water partition coefficient (Wildman–Crippen LogP) is 2.68. The van der Waals surface area contributed by atoms with Crippen LogP contribution in [-0.2, 0) is 20.6 Å². The van der Waals surface area contributed by atoms with Crippen LogP contribution in [0.15, 0.2) is 0 Å². The van der Waals surface area contributed by atoms with Crippen LogP contribution in [-0.4, -0.2) is 53.8 Å². The van der Waals surface area contributed by atoms with Crippen molar-refractivity contribution < 1.29 is 20.6 Å². The van der Waals surface area contributed by atoms with E-state index < -0.39 is 44.0 Å². The Morgan fingerprint density at radius 2 is 1.05 bits per heavy atom. The molecule has 0 spiro atoms. The van der Waals surface area contributed by atoms with Gasteiger partial charge in [0.2, 0.25) is 9.76 Å². The number of hydrogen-bond acceptors (Lipinski definition) is 5. The molecule has 5 nitrogen and oxygen atoms in total. The van der Waals surface area contributed by atoms with Gasteiger partial charge in [-0.1, -0.05) is 0 Å². The van der Waals surface area contributed by atoms with E-state index in [0.29, 0.717) is 9.76 Å². The third kappa shape index (κ3) is 10.5. The van der Waals surface area contributed by atoms with Crippen molar-refractivity contribution in [3.05, 3.63) is 0 Å². The van der Waals surface area contributed by atoms with E-state index in [9.17, 15) is 0 Å². The lowest BCUT2D eigenvalue weighted by atomic mass is 11.9. The SMILES string of the molecule is C[Si]O[Si](C)(O[Si](C)(C)O[SiH](C)C)O[Si](C)(C)O[SiH](C)C. The van der Waals surface area contributed by atoms with Crippen molar-refractivity contribution in [3.8, 4) is 0 Å². The second-order valence-corrected chi connectivity index (χ2v) is 22.8. The van der Waals surface area contributed by atoms with Gasteiger partial charge in [-0.2, -0.15) is 0 Å². The van der Waals surface area contributed by atoms with E-state index >= 15 is 0 Å². The summed E-state index contributed by atoms with van der Waals surface area (Å²) in [6, 6.07) is 0. The smallest absolute Gasteiger partial charge is 0.439 e. The molecule has 0 aliphatic rings. The summed E-state index contributed by atoms with van der Waals surface area (Å²) < 4.78 is 30.7. The van der Waals surface area contributed by atoms with Crippen molar-refractivity contribution >= 4 is 53.8 Å². The van der Waals surface area contributed by atoms with Gasteiger partial charge in [0.25, 0.3) is 0 Å². The molecule has 0 heterocycles. The second kappa shape index (κ2) is 8.81. The van der Waals surface area contributed by atoms with E-state index in [1.165, 1.54) is 0 Å². The van der Waals surface area contributed by atoms with Gasteiger partial charge in [0.15, 0.2) is 18.1 Å². The molecule has 0 atom stereocenters. The summed E-state index contributed by atoms with van der Waals surface area (Å²) in [5.74, 6) is 0. The molecule has 0 fully saturated rings. The molecule has 0 unspecified atom stereocenters. The molecule has 2 radical (unpaired) electrons. The molecule has 0 bridgehead atoms. The Hall–Kier alpha value is 1.10. The molecular weight excluding hydrogens is 369 g/mol. The maximum Gasteiger partial charge on any atom is 0.469 e. The fourth-order valence-corrected chi connectivity index (χ4v) is 22.9. The maximum atomic E-state index is 6.32. The summed E-state index contributed by atoms with van der Waals surface area (Å²) in [5, 5.41) is 0. The Kier molecular flexibility index (Phi) is 9.28. The first-order valence-electron chi connectivity index (χ1n) is 7.41. The van der Waals surface area contributed by atoms with E-state index in [2.05, 4.69) is 52.4 Å². The van der Waals surface area contributed by atoms with Crippen LogP contribution in [0.25, 0.3) is 0 Å². The van der Waals surface area contributed by atoms with Crippen molar-refractivity contribution in [2.45, 2.75) is 65.5 Å². The molecule has 0 aromatic rings. The second-order valence-electron chi connectivity index (χ2n) is 6.51. The minimum absolute atomic E-state index is 0.341. The highest BCUT2D eigenvalue weighted by atomic mass is 28.5. The molecule has 0 saturated heterocycles. The lowest BCUT2D eigenvalue weighted by molar-refractivity contribution is 0.224. The fraction of sp³-hybridized carbons (Fsp3) is 1.00. The number of hydrogen-bond donors (Lipinski definition) is 0. The minimum Gasteiger partial charge on any atom is -0.439 e. The Balaban J connectivity index is 4.98. The Labute approximate surface area is 139 Å². The van der Waals surface area contributed by atoms with Crippen molar-refractivity contribution in [3.63, 3.8) is 0 Å². The predicted molar refractivity (Wildman–Crippen MR) is 101 cm³/mol. The van der Waals surface area contributed by atoms with Gasteiger partial charge in [-0.05, 0) is 58.9 Å². The highest BCUT2D eigenvalue weighted by Gasteiger charge is 2.47. The van der Waals surface area contributed by atoms with Crippen molar-refractivity contribution in [1.29, 1.82) is 0 Å². The average molecular weight is 401 g/mol. The summed E-state index contributed by atoms with van der Waals surface area (Å²) in [7, 11) is -9.12. The van der Waals surface area contributed by atoms with E-state index in [4.69, 9.17) is 20.6 Å². The molecule has 0 N–H and O–H groups in total. The zero-order valence-corrected chi connectivity index (χ0v) is 21.5. The highest BCUT2D eigenvalue weighted by Crippen LogP contribution is 2.23. The Morgan fingerprint density at radius 1 is 0.714 bits per heavy atom. The van der Waals surface area contributed by atoms with Gasteiger partial charge >= 0.3 is 25.9 Å². The zero-order chi connectivity index (χ0) is 16.9. The van der Waals surface area contributed by atoms with Gasteiger partial charge in [0, 0.05) is 6.55 Å². The lowest BCUT2D eigenvalue weighted by Gasteiger charge is -2.39. The van der Waals surface area contributed by atoms with Crippen LogP contribution >= 0.6 is 0 Å². The van der Waals surface area contributed by atoms with E-state index in [0.717, 1.165) is 0 Å². The standard InChI is InChI=1S/C10H32O5Si6/c1-16-11-21(10,14-19(6,7)12-17(2)3)15-20(8,9)13-18(4)5/h17-18H,1-10H3. The van der Waals surface area contributed by atoms with Gasteiger partial charge < -0.3 is 20.6 Å². The Morgan fingerprint density at radius 3 is 1.29 bits per heavy atom. The molecule has 0 aromatic carbocycles. The lowest BCUT2D eigenvalue weighted by Crippen LogP contribution is -2.59. The van der Waals surface area contributed by atoms with Crippen LogP contribution in [0.5, 0.6) is 0 Å². The minimum atomic E-state index is -2.72. The quantitative estimate of drug-likeness (QED) is 0.528. The molecule has 0 rings (SSSR count). The van der Waals surface area contributed by atoms with Crippen LogP contribution in [0.2, 0.25) is 65.5 Å². The summed E-state index contributed by atoms with van der Waals surface area (Å²) in [4.78, 5) is 0. The van der Waals surface area contributed by atoms with Gasteiger partial charge in [-0.15, -0.1) is 0 Å². The summed E-state index contributed by atoms with van der Waals surface area (Å²) in [5.41, 5.74) is 0. The average Bonchev–Trinajstić information content (AvgIpc) is 2.08. The van der Waals surface area contributed by atoms with E-state index in [1.807, 2.05) is 13.1 Å². The summed E-state index contributed by atoms with van der Waals surface area (Å²) >= 11 is 0. The zero-order valence-electron chi connectivity index (χ0n) is 15.2. The molecule has 21 heavy (non-hydrogen) atoms. The normalized spacial score (nSPS) is 14.3. The van der Waals surface area contributed by atoms with Gasteiger partial charge in [-0.25, -0.2) is 0 Å². The van der Waals surface area contributed by atoms with Gasteiger partial charge in [0.05, 0.1) is 0 Å². The van der Waals surface area contributed by atoms with Crippen LogP contribution in [0.4, 0.5) is 0 Å². The van der Waals surface area contributed by atoms with Gasteiger partial charge in [0.1, 0.15) is 0 Å². The molecule has 0 amide bonds. The number of rotatable bonds is 10. The van der Waals surface area contributed by atoms with Crippen molar-refractivity contribution in [1.82, 2.24) is 0 Å². The molecule has 0 aliphatic carbocycles. The first-order chi connectivity index (χ1) is 9.31. The maximum absolute atomic E-state index is 6.32. The fourth-order valence-electron chi connectivity index (χ4n) is 2.32. The first-order valence-corrected chi connectivity index (χ1v) is 22.2. The molecule has 11 heteroatoms. The van der Waals surface area contributed by atoms with E-state index in [1.54, 1.807) is 0 Å². The van der Waals surface area contributed by atoms with Crippen LogP contribution in [0, 0.1) is 0 Å². The van der Waals surface area contributed by atoms with Crippen LogP contribution in [0.3, 0.4) is 0 Å². The first kappa shape index (κ1) is 22.1. The largest absolute Gasteiger partial charge is 0.469 e. The molecular formula is C10H32O5Si6. The molecule has 126 valence electrons. The monoisotopic (exact) mass is 400 g/mol.